The van der Waals surface area contributed by atoms with E-state index >= 15 is 0 Å². The van der Waals surface area contributed by atoms with Crippen LogP contribution in [-0.2, 0) is 6.54 Å². The molecule has 0 saturated carbocycles. The minimum Gasteiger partial charge on any atom is -0.497 e. The van der Waals surface area contributed by atoms with Crippen LogP contribution in [0.3, 0.4) is 0 Å². The van der Waals surface area contributed by atoms with Gasteiger partial charge in [0.05, 0.1) is 12.8 Å². The number of ether oxygens (including phenoxy) is 1. The van der Waals surface area contributed by atoms with E-state index in [0.29, 0.717) is 5.41 Å². The molecule has 122 valence electrons. The van der Waals surface area contributed by atoms with Crippen molar-refractivity contribution in [2.45, 2.75) is 19.4 Å². The fourth-order valence-corrected chi connectivity index (χ4v) is 4.60. The van der Waals surface area contributed by atoms with Crippen molar-refractivity contribution in [3.8, 4) is 16.3 Å². The molecule has 1 aromatic heterocycles. The third kappa shape index (κ3) is 3.13. The summed E-state index contributed by atoms with van der Waals surface area (Å²) in [7, 11) is 1.69. The molecule has 2 aliphatic rings. The number of methoxy groups -OCH3 is 1. The number of hydrogen-bond donors (Lipinski definition) is 1. The first-order valence-electron chi connectivity index (χ1n) is 8.28. The number of benzene rings is 1. The lowest BCUT2D eigenvalue weighted by molar-refractivity contribution is 0.267. The second-order valence-electron chi connectivity index (χ2n) is 6.76. The molecule has 23 heavy (non-hydrogen) atoms. The molecule has 1 atom stereocenters. The quantitative estimate of drug-likeness (QED) is 0.936. The summed E-state index contributed by atoms with van der Waals surface area (Å²) in [5, 5.41) is 6.83. The molecule has 0 radical (unpaired) electrons. The molecule has 0 bridgehead atoms. The minimum atomic E-state index is 0.537. The van der Waals surface area contributed by atoms with Crippen LogP contribution in [-0.4, -0.2) is 43.2 Å². The van der Waals surface area contributed by atoms with Gasteiger partial charge in [-0.15, -0.1) is 11.3 Å². The molecule has 1 spiro atoms. The standard InChI is InChI=1S/C18H23N3OS/c1-22-16-4-2-14(3-5-16)17-20-15(11-23-17)10-21-9-7-18(13-21)6-8-19-12-18/h2-5,11,19H,6-10,12-13H2,1H3. The van der Waals surface area contributed by atoms with Crippen LogP contribution in [0.1, 0.15) is 18.5 Å². The first-order chi connectivity index (χ1) is 11.3. The Morgan fingerprint density at radius 1 is 1.30 bits per heavy atom. The summed E-state index contributed by atoms with van der Waals surface area (Å²) in [6.45, 7) is 5.78. The molecular weight excluding hydrogens is 306 g/mol. The highest BCUT2D eigenvalue weighted by molar-refractivity contribution is 7.13. The third-order valence-corrected chi connectivity index (χ3v) is 6.06. The van der Waals surface area contributed by atoms with Gasteiger partial charge in [-0.2, -0.15) is 0 Å². The third-order valence-electron chi connectivity index (χ3n) is 5.12. The maximum absolute atomic E-state index is 5.22. The molecule has 0 aliphatic carbocycles. The van der Waals surface area contributed by atoms with E-state index < -0.39 is 0 Å². The van der Waals surface area contributed by atoms with E-state index in [0.717, 1.165) is 17.3 Å². The fraction of sp³-hybridized carbons (Fsp3) is 0.500. The molecule has 4 rings (SSSR count). The summed E-state index contributed by atoms with van der Waals surface area (Å²) in [5.74, 6) is 0.887. The number of likely N-dealkylation sites (tertiary alicyclic amines) is 1. The molecule has 1 aromatic carbocycles. The van der Waals surface area contributed by atoms with Crippen molar-refractivity contribution in [3.05, 3.63) is 35.3 Å². The maximum atomic E-state index is 5.22. The Bertz CT molecular complexity index is 661. The monoisotopic (exact) mass is 329 g/mol. The van der Waals surface area contributed by atoms with Crippen molar-refractivity contribution in [2.75, 3.05) is 33.3 Å². The summed E-state index contributed by atoms with van der Waals surface area (Å²) in [6.07, 6.45) is 2.66. The van der Waals surface area contributed by atoms with E-state index in [1.807, 2.05) is 12.1 Å². The van der Waals surface area contributed by atoms with Crippen LogP contribution in [0, 0.1) is 5.41 Å². The van der Waals surface area contributed by atoms with Crippen LogP contribution in [0.5, 0.6) is 5.75 Å². The fourth-order valence-electron chi connectivity index (χ4n) is 3.78. The van der Waals surface area contributed by atoms with E-state index in [1.165, 1.54) is 50.3 Å². The molecule has 4 nitrogen and oxygen atoms in total. The zero-order chi connectivity index (χ0) is 15.7. The van der Waals surface area contributed by atoms with Gasteiger partial charge in [0.1, 0.15) is 10.8 Å². The number of nitrogens with one attached hydrogen (secondary N) is 1. The molecule has 1 N–H and O–H groups in total. The molecule has 1 unspecified atom stereocenters. The van der Waals surface area contributed by atoms with Crippen molar-refractivity contribution in [3.63, 3.8) is 0 Å². The van der Waals surface area contributed by atoms with Gasteiger partial charge >= 0.3 is 0 Å². The first kappa shape index (κ1) is 15.1. The smallest absolute Gasteiger partial charge is 0.123 e. The van der Waals surface area contributed by atoms with Gasteiger partial charge in [-0.05, 0) is 55.6 Å². The van der Waals surface area contributed by atoms with Gasteiger partial charge in [0.15, 0.2) is 0 Å². The van der Waals surface area contributed by atoms with Gasteiger partial charge in [0.25, 0.3) is 0 Å². The molecule has 2 aliphatic heterocycles. The average molecular weight is 329 g/mol. The summed E-state index contributed by atoms with van der Waals surface area (Å²) >= 11 is 1.73. The highest BCUT2D eigenvalue weighted by atomic mass is 32.1. The topological polar surface area (TPSA) is 37.4 Å². The van der Waals surface area contributed by atoms with Gasteiger partial charge in [-0.3, -0.25) is 4.90 Å². The van der Waals surface area contributed by atoms with Crippen molar-refractivity contribution in [1.82, 2.24) is 15.2 Å². The zero-order valence-electron chi connectivity index (χ0n) is 13.5. The van der Waals surface area contributed by atoms with Crippen molar-refractivity contribution in [1.29, 1.82) is 0 Å². The van der Waals surface area contributed by atoms with Crippen molar-refractivity contribution < 1.29 is 4.74 Å². The summed E-state index contributed by atoms with van der Waals surface area (Å²) in [6, 6.07) is 8.15. The Labute approximate surface area is 141 Å². The van der Waals surface area contributed by atoms with Crippen LogP contribution < -0.4 is 10.1 Å². The SMILES string of the molecule is COc1ccc(-c2nc(CN3CCC4(CCNC4)C3)cs2)cc1. The summed E-state index contributed by atoms with van der Waals surface area (Å²) in [4.78, 5) is 7.40. The molecular formula is C18H23N3OS. The van der Waals surface area contributed by atoms with Crippen LogP contribution in [0.4, 0.5) is 0 Å². The zero-order valence-corrected chi connectivity index (χ0v) is 14.4. The predicted molar refractivity (Wildman–Crippen MR) is 93.9 cm³/mol. The second kappa shape index (κ2) is 6.23. The molecule has 0 amide bonds. The molecule has 3 heterocycles. The molecule has 5 heteroatoms. The Morgan fingerprint density at radius 2 is 2.17 bits per heavy atom. The van der Waals surface area contributed by atoms with Crippen LogP contribution in [0.2, 0.25) is 0 Å². The van der Waals surface area contributed by atoms with Gasteiger partial charge in [-0.25, -0.2) is 4.98 Å². The highest BCUT2D eigenvalue weighted by Gasteiger charge is 2.40. The van der Waals surface area contributed by atoms with Crippen molar-refractivity contribution in [2.24, 2.45) is 5.41 Å². The number of hydrogen-bond acceptors (Lipinski definition) is 5. The van der Waals surface area contributed by atoms with E-state index in [9.17, 15) is 0 Å². The van der Waals surface area contributed by atoms with E-state index in [-0.39, 0.29) is 0 Å². The van der Waals surface area contributed by atoms with Crippen molar-refractivity contribution >= 4 is 11.3 Å². The second-order valence-corrected chi connectivity index (χ2v) is 7.62. The van der Waals surface area contributed by atoms with Crippen LogP contribution in [0.25, 0.3) is 10.6 Å². The first-order valence-corrected chi connectivity index (χ1v) is 9.16. The van der Waals surface area contributed by atoms with Gasteiger partial charge < -0.3 is 10.1 Å². The number of rotatable bonds is 4. The van der Waals surface area contributed by atoms with Gasteiger partial charge in [0, 0.05) is 30.6 Å². The molecule has 2 aromatic rings. The largest absolute Gasteiger partial charge is 0.497 e. The summed E-state index contributed by atoms with van der Waals surface area (Å²) < 4.78 is 5.22. The lowest BCUT2D eigenvalue weighted by Gasteiger charge is -2.22. The van der Waals surface area contributed by atoms with Gasteiger partial charge in [0.2, 0.25) is 0 Å². The lowest BCUT2D eigenvalue weighted by atomic mass is 9.87. The van der Waals surface area contributed by atoms with E-state index in [4.69, 9.17) is 9.72 Å². The van der Waals surface area contributed by atoms with E-state index in [1.54, 1.807) is 18.4 Å². The summed E-state index contributed by atoms with van der Waals surface area (Å²) in [5.41, 5.74) is 2.90. The average Bonchev–Trinajstić information content (AvgIpc) is 3.31. The molecule has 2 fully saturated rings. The number of aromatic nitrogens is 1. The van der Waals surface area contributed by atoms with Crippen LogP contribution >= 0.6 is 11.3 Å². The normalized spacial score (nSPS) is 24.6. The number of thiazole rings is 1. The Hall–Kier alpha value is -1.43. The maximum Gasteiger partial charge on any atom is 0.123 e. The highest BCUT2D eigenvalue weighted by Crippen LogP contribution is 2.36. The van der Waals surface area contributed by atoms with Gasteiger partial charge in [-0.1, -0.05) is 0 Å². The Kier molecular flexibility index (Phi) is 4.09. The Morgan fingerprint density at radius 3 is 2.91 bits per heavy atom. The predicted octanol–water partition coefficient (Wildman–Crippen LogP) is 3.00. The van der Waals surface area contributed by atoms with Crippen LogP contribution in [0.15, 0.2) is 29.6 Å². The van der Waals surface area contributed by atoms with E-state index in [2.05, 4.69) is 27.7 Å². The lowest BCUT2D eigenvalue weighted by Crippen LogP contribution is -2.29. The molecule has 2 saturated heterocycles. The Balaban J connectivity index is 1.42. The number of nitrogens with zero attached hydrogens (tertiary/aromatic N) is 2. The minimum absolute atomic E-state index is 0.537.